The van der Waals surface area contributed by atoms with Crippen LogP contribution in [0.15, 0.2) is 77.7 Å². The quantitative estimate of drug-likeness (QED) is 0.115. The number of carbonyl (C=O) groups excluding carboxylic acids is 5. The number of hydrogen-bond donors (Lipinski definition) is 0. The van der Waals surface area contributed by atoms with Crippen molar-refractivity contribution < 1.29 is 37.1 Å². The number of ether oxygens (including phenoxy) is 1. The van der Waals surface area contributed by atoms with Gasteiger partial charge in [0.2, 0.25) is 27.1 Å². The molecule has 2 amide bonds. The van der Waals surface area contributed by atoms with Crippen LogP contribution < -0.4 is 4.74 Å². The summed E-state index contributed by atoms with van der Waals surface area (Å²) in [5.74, 6) is 1.13. The minimum absolute atomic E-state index is 0.0786. The molecule has 14 heteroatoms. The van der Waals surface area contributed by atoms with Crippen LogP contribution in [0.2, 0.25) is 0 Å². The average molecular weight is 972 g/mol. The molecule has 4 aromatic rings. The summed E-state index contributed by atoms with van der Waals surface area (Å²) in [4.78, 5) is 62.1. The number of methoxy groups -OCH3 is 1. The Morgan fingerprint density at radius 1 is 0.632 bits per heavy atom. The molecule has 0 aliphatic carbocycles. The SMILES string of the molecule is CC(=O)Cl.CC(=O)N1CCc2ccccc2CC1.CC(=O)c1ccc2c(c1)CCN(C(C)=O)CC2.COc1cc(C)c(S(=O)(=O)N(C)CCC(=O)CCc2ccc3c(c2)CCN(C)CC3)c(C)c1. The molecule has 0 N–H and O–H groups in total. The molecule has 3 aliphatic rings. The van der Waals surface area contributed by atoms with Crippen LogP contribution in [0.4, 0.5) is 0 Å². The van der Waals surface area contributed by atoms with Crippen LogP contribution in [-0.4, -0.2) is 123 Å². The molecule has 0 unspecified atom stereocenters. The van der Waals surface area contributed by atoms with Crippen molar-refractivity contribution in [1.29, 1.82) is 0 Å². The van der Waals surface area contributed by atoms with E-state index < -0.39 is 10.0 Å². The molecular formula is C54H71ClN4O8S. The minimum atomic E-state index is -3.68. The first-order valence-corrected chi connectivity index (χ1v) is 25.3. The number of carbonyl (C=O) groups is 5. The highest BCUT2D eigenvalue weighted by Gasteiger charge is 2.26. The summed E-state index contributed by atoms with van der Waals surface area (Å²) < 4.78 is 32.8. The maximum absolute atomic E-state index is 13.1. The lowest BCUT2D eigenvalue weighted by Gasteiger charge is -2.20. The van der Waals surface area contributed by atoms with E-state index >= 15 is 0 Å². The van der Waals surface area contributed by atoms with Crippen LogP contribution in [0, 0.1) is 13.8 Å². The van der Waals surface area contributed by atoms with Gasteiger partial charge in [-0.2, -0.15) is 0 Å². The maximum atomic E-state index is 13.1. The Bertz CT molecular complexity index is 2470. The molecule has 0 saturated carbocycles. The summed E-state index contributed by atoms with van der Waals surface area (Å²) in [6.07, 6.45) is 7.15. The van der Waals surface area contributed by atoms with Gasteiger partial charge in [-0.15, -0.1) is 0 Å². The van der Waals surface area contributed by atoms with Gasteiger partial charge in [-0.25, -0.2) is 12.7 Å². The molecule has 368 valence electrons. The molecule has 12 nitrogen and oxygen atoms in total. The molecule has 0 aromatic heterocycles. The molecule has 3 heterocycles. The van der Waals surface area contributed by atoms with E-state index in [2.05, 4.69) is 66.0 Å². The van der Waals surface area contributed by atoms with Crippen molar-refractivity contribution in [3.05, 3.63) is 128 Å². The van der Waals surface area contributed by atoms with Gasteiger partial charge in [0.1, 0.15) is 11.5 Å². The summed E-state index contributed by atoms with van der Waals surface area (Å²) in [6.45, 7) is 15.2. The Labute approximate surface area is 410 Å². The fraction of sp³-hybridized carbons (Fsp3) is 0.463. The van der Waals surface area contributed by atoms with E-state index in [1.807, 2.05) is 28.0 Å². The summed E-state index contributed by atoms with van der Waals surface area (Å²) in [5, 5.41) is -0.361. The number of halogens is 1. The van der Waals surface area contributed by atoms with Crippen LogP contribution in [0.25, 0.3) is 0 Å². The van der Waals surface area contributed by atoms with Crippen LogP contribution >= 0.6 is 11.6 Å². The van der Waals surface area contributed by atoms with Gasteiger partial charge in [-0.05, 0) is 153 Å². The van der Waals surface area contributed by atoms with Gasteiger partial charge in [0.25, 0.3) is 0 Å². The fourth-order valence-corrected chi connectivity index (χ4v) is 10.3. The van der Waals surface area contributed by atoms with E-state index in [1.54, 1.807) is 53.9 Å². The number of fused-ring (bicyclic) bond motifs is 3. The number of hydrogen-bond acceptors (Lipinski definition) is 9. The number of ketones is 2. The zero-order chi connectivity index (χ0) is 50.1. The molecule has 0 fully saturated rings. The largest absolute Gasteiger partial charge is 0.497 e. The zero-order valence-corrected chi connectivity index (χ0v) is 43.2. The van der Waals surface area contributed by atoms with Crippen molar-refractivity contribution in [2.45, 2.75) is 104 Å². The van der Waals surface area contributed by atoms with Crippen LogP contribution in [-0.2, 0) is 74.1 Å². The van der Waals surface area contributed by atoms with E-state index in [1.165, 1.54) is 57.2 Å². The first kappa shape index (κ1) is 55.4. The monoisotopic (exact) mass is 970 g/mol. The molecule has 3 aliphatic heterocycles. The molecule has 0 spiro atoms. The molecule has 0 radical (unpaired) electrons. The van der Waals surface area contributed by atoms with Gasteiger partial charge in [-0.1, -0.05) is 54.6 Å². The van der Waals surface area contributed by atoms with Gasteiger partial charge < -0.3 is 19.4 Å². The van der Waals surface area contributed by atoms with Crippen LogP contribution in [0.1, 0.15) is 101 Å². The second-order valence-electron chi connectivity index (χ2n) is 17.9. The number of likely N-dealkylation sites (N-methyl/N-ethyl adjacent to an activating group) is 1. The summed E-state index contributed by atoms with van der Waals surface area (Å²) in [5.41, 5.74) is 11.3. The van der Waals surface area contributed by atoms with E-state index in [4.69, 9.17) is 4.74 Å². The van der Waals surface area contributed by atoms with Gasteiger partial charge in [-0.3, -0.25) is 24.0 Å². The van der Waals surface area contributed by atoms with Gasteiger partial charge in [0, 0.05) is 92.0 Å². The smallest absolute Gasteiger partial charge is 0.243 e. The van der Waals surface area contributed by atoms with Crippen LogP contribution in [0.3, 0.4) is 0 Å². The van der Waals surface area contributed by atoms with Crippen molar-refractivity contribution in [2.75, 3.05) is 67.0 Å². The zero-order valence-electron chi connectivity index (χ0n) is 41.6. The number of benzene rings is 4. The highest BCUT2D eigenvalue weighted by molar-refractivity contribution is 7.89. The number of amides is 2. The molecule has 0 atom stereocenters. The average Bonchev–Trinajstić information content (AvgIpc) is 3.74. The predicted octanol–water partition coefficient (Wildman–Crippen LogP) is 7.80. The summed E-state index contributed by atoms with van der Waals surface area (Å²) in [7, 11) is 1.56. The standard InChI is InChI=1S/C26H36N2O4S.C14H17NO2.C12H15NO.C2H3ClO/c1-19-16-25(32-5)17-20(2)26(19)33(30,31)28(4)15-12-24(29)9-7-21-6-8-22-10-13-27(3)14-11-23(22)18-21;1-10(16)13-4-3-12-5-7-15(11(2)17)8-6-14(12)9-13;1-10(14)13-8-6-11-4-2-3-5-12(11)7-9-13;1-2(3)4/h6,8,16-18H,7,9-15H2,1-5H3;3-4,9H,5-8H2,1-2H3;2-5H,6-9H2,1H3;1H3. The Kier molecular flexibility index (Phi) is 21.6. The van der Waals surface area contributed by atoms with Crippen molar-refractivity contribution in [1.82, 2.24) is 19.0 Å². The fourth-order valence-electron chi connectivity index (χ4n) is 8.69. The number of aryl methyl sites for hydroxylation is 3. The topological polar surface area (TPSA) is 142 Å². The third-order valence-corrected chi connectivity index (χ3v) is 14.9. The first-order chi connectivity index (χ1) is 32.2. The second-order valence-corrected chi connectivity index (χ2v) is 20.4. The van der Waals surface area contributed by atoms with E-state index in [0.29, 0.717) is 29.7 Å². The summed E-state index contributed by atoms with van der Waals surface area (Å²) >= 11 is 4.64. The Balaban J connectivity index is 0.000000238. The van der Waals surface area contributed by atoms with Gasteiger partial charge in [0.05, 0.1) is 12.0 Å². The Morgan fingerprint density at radius 3 is 1.56 bits per heavy atom. The third-order valence-electron chi connectivity index (χ3n) is 12.8. The highest BCUT2D eigenvalue weighted by Crippen LogP contribution is 2.28. The summed E-state index contributed by atoms with van der Waals surface area (Å²) in [6, 6.07) is 24.4. The second kappa shape index (κ2) is 26.5. The predicted molar refractivity (Wildman–Crippen MR) is 270 cm³/mol. The lowest BCUT2D eigenvalue weighted by atomic mass is 9.97. The molecule has 4 aromatic carbocycles. The van der Waals surface area contributed by atoms with E-state index in [-0.39, 0.29) is 46.5 Å². The van der Waals surface area contributed by atoms with Gasteiger partial charge in [0.15, 0.2) is 5.78 Å². The van der Waals surface area contributed by atoms with E-state index in [9.17, 15) is 32.4 Å². The number of rotatable bonds is 10. The number of sulfonamides is 1. The first-order valence-electron chi connectivity index (χ1n) is 23.5. The molecule has 0 bridgehead atoms. The molecule has 68 heavy (non-hydrogen) atoms. The maximum Gasteiger partial charge on any atom is 0.243 e. The van der Waals surface area contributed by atoms with Crippen molar-refractivity contribution >= 4 is 50.2 Å². The molecular weight excluding hydrogens is 900 g/mol. The Hall–Kier alpha value is -5.21. The normalized spacial score (nSPS) is 14.6. The lowest BCUT2D eigenvalue weighted by molar-refractivity contribution is -0.129. The van der Waals surface area contributed by atoms with Crippen molar-refractivity contribution in [2.24, 2.45) is 0 Å². The molecule has 0 saturated heterocycles. The van der Waals surface area contributed by atoms with Gasteiger partial charge >= 0.3 is 0 Å². The lowest BCUT2D eigenvalue weighted by Crippen LogP contribution is -2.30. The Morgan fingerprint density at radius 2 is 1.07 bits per heavy atom. The highest BCUT2D eigenvalue weighted by atomic mass is 35.5. The number of nitrogens with zero attached hydrogens (tertiary/aromatic N) is 4. The number of Topliss-reactive ketones (excluding diaryl/α,β-unsaturated/α-hetero) is 2. The van der Waals surface area contributed by atoms with Crippen molar-refractivity contribution in [3.8, 4) is 5.75 Å². The third kappa shape index (κ3) is 16.8. The van der Waals surface area contributed by atoms with E-state index in [0.717, 1.165) is 83.4 Å². The van der Waals surface area contributed by atoms with Crippen molar-refractivity contribution in [3.63, 3.8) is 0 Å². The molecule has 7 rings (SSSR count). The van der Waals surface area contributed by atoms with Crippen LogP contribution in [0.5, 0.6) is 5.75 Å². The minimum Gasteiger partial charge on any atom is -0.497 e.